The van der Waals surface area contributed by atoms with E-state index in [1.165, 1.54) is 6.42 Å². The lowest BCUT2D eigenvalue weighted by Crippen LogP contribution is -2.29. The molecule has 0 aromatic carbocycles. The molecule has 3 unspecified atom stereocenters. The van der Waals surface area contributed by atoms with E-state index in [0.717, 1.165) is 42.5 Å². The summed E-state index contributed by atoms with van der Waals surface area (Å²) in [5.74, 6) is 1.53. The maximum absolute atomic E-state index is 5.95. The van der Waals surface area contributed by atoms with Crippen LogP contribution < -0.4 is 10.1 Å². The van der Waals surface area contributed by atoms with Gasteiger partial charge in [0.15, 0.2) is 0 Å². The second-order valence-corrected chi connectivity index (χ2v) is 5.80. The highest BCUT2D eigenvalue weighted by Gasteiger charge is 2.26. The number of rotatable bonds is 4. The van der Waals surface area contributed by atoms with Crippen LogP contribution in [0.15, 0.2) is 6.20 Å². The molecule has 0 spiro atoms. The minimum atomic E-state index is 0.278. The van der Waals surface area contributed by atoms with E-state index in [-0.39, 0.29) is 6.10 Å². The lowest BCUT2D eigenvalue weighted by atomic mass is 9.80. The Balaban J connectivity index is 1.98. The van der Waals surface area contributed by atoms with Crippen LogP contribution in [0.4, 0.5) is 0 Å². The van der Waals surface area contributed by atoms with Crippen molar-refractivity contribution in [2.45, 2.75) is 52.7 Å². The van der Waals surface area contributed by atoms with Gasteiger partial charge in [-0.3, -0.25) is 0 Å². The Kier molecular flexibility index (Phi) is 4.75. The minimum absolute atomic E-state index is 0.278. The Labute approximate surface area is 116 Å². The fourth-order valence-corrected chi connectivity index (χ4v) is 2.65. The monoisotopic (exact) mass is 263 g/mol. The van der Waals surface area contributed by atoms with Crippen LogP contribution in [0.5, 0.6) is 6.01 Å². The number of aromatic nitrogens is 2. The van der Waals surface area contributed by atoms with Crippen molar-refractivity contribution in [2.24, 2.45) is 11.8 Å². The minimum Gasteiger partial charge on any atom is -0.460 e. The van der Waals surface area contributed by atoms with Crippen LogP contribution in [-0.4, -0.2) is 23.1 Å². The zero-order valence-corrected chi connectivity index (χ0v) is 12.4. The second kappa shape index (κ2) is 6.33. The molecule has 19 heavy (non-hydrogen) atoms. The molecule has 0 bridgehead atoms. The lowest BCUT2D eigenvalue weighted by Gasteiger charge is -2.31. The molecule has 0 radical (unpaired) electrons. The van der Waals surface area contributed by atoms with Crippen LogP contribution in [0.3, 0.4) is 0 Å². The lowest BCUT2D eigenvalue weighted by molar-refractivity contribution is 0.0916. The molecule has 1 fully saturated rings. The third-order valence-electron chi connectivity index (χ3n) is 4.25. The molecule has 2 rings (SSSR count). The van der Waals surface area contributed by atoms with Crippen LogP contribution in [0.1, 0.15) is 44.4 Å². The van der Waals surface area contributed by atoms with Gasteiger partial charge in [-0.05, 0) is 45.1 Å². The van der Waals surface area contributed by atoms with Gasteiger partial charge in [-0.15, -0.1) is 0 Å². The highest BCUT2D eigenvalue weighted by molar-refractivity contribution is 5.17. The molecule has 0 amide bonds. The SMILES string of the molecule is CNCc1cnc(OC2CCC(C)C(C)C2)nc1C. The first-order valence-electron chi connectivity index (χ1n) is 7.24. The van der Waals surface area contributed by atoms with Gasteiger partial charge in [0, 0.05) is 24.0 Å². The zero-order valence-electron chi connectivity index (χ0n) is 12.4. The number of aryl methyl sites for hydroxylation is 1. The molecular formula is C15H25N3O. The van der Waals surface area contributed by atoms with Crippen molar-refractivity contribution >= 4 is 0 Å². The number of ether oxygens (including phenoxy) is 1. The molecule has 4 nitrogen and oxygen atoms in total. The van der Waals surface area contributed by atoms with Gasteiger partial charge in [0.05, 0.1) is 0 Å². The topological polar surface area (TPSA) is 47.0 Å². The summed E-state index contributed by atoms with van der Waals surface area (Å²) in [6.07, 6.45) is 5.61. The normalized spacial score (nSPS) is 27.3. The van der Waals surface area contributed by atoms with Crippen molar-refractivity contribution in [3.63, 3.8) is 0 Å². The van der Waals surface area contributed by atoms with Gasteiger partial charge in [-0.1, -0.05) is 13.8 Å². The molecule has 0 aliphatic heterocycles. The summed E-state index contributed by atoms with van der Waals surface area (Å²) in [4.78, 5) is 8.78. The molecule has 1 saturated carbocycles. The van der Waals surface area contributed by atoms with E-state index in [1.54, 1.807) is 0 Å². The summed E-state index contributed by atoms with van der Waals surface area (Å²) in [5, 5.41) is 3.12. The van der Waals surface area contributed by atoms with E-state index in [9.17, 15) is 0 Å². The molecule has 1 aromatic heterocycles. The summed E-state index contributed by atoms with van der Waals surface area (Å²) in [6, 6.07) is 0.532. The number of nitrogens with one attached hydrogen (secondary N) is 1. The molecule has 0 saturated heterocycles. The summed E-state index contributed by atoms with van der Waals surface area (Å²) < 4.78 is 5.95. The summed E-state index contributed by atoms with van der Waals surface area (Å²) >= 11 is 0. The van der Waals surface area contributed by atoms with E-state index < -0.39 is 0 Å². The molecular weight excluding hydrogens is 238 g/mol. The van der Waals surface area contributed by atoms with Gasteiger partial charge >= 0.3 is 6.01 Å². The molecule has 1 aromatic rings. The van der Waals surface area contributed by atoms with Crippen LogP contribution in [-0.2, 0) is 6.54 Å². The van der Waals surface area contributed by atoms with Crippen LogP contribution in [0.2, 0.25) is 0 Å². The Hall–Kier alpha value is -1.16. The van der Waals surface area contributed by atoms with Crippen molar-refractivity contribution < 1.29 is 4.74 Å². The predicted octanol–water partition coefficient (Wildman–Crippen LogP) is 2.71. The number of hydrogen-bond donors (Lipinski definition) is 1. The standard InChI is InChI=1S/C15H25N3O/c1-10-5-6-14(7-11(10)2)19-15-17-9-13(8-16-4)12(3)18-15/h9-11,14,16H,5-8H2,1-4H3. The zero-order chi connectivity index (χ0) is 13.8. The van der Waals surface area contributed by atoms with Gasteiger partial charge in [-0.25, -0.2) is 9.97 Å². The Bertz CT molecular complexity index is 422. The molecule has 1 N–H and O–H groups in total. The highest BCUT2D eigenvalue weighted by Crippen LogP contribution is 2.31. The summed E-state index contributed by atoms with van der Waals surface area (Å²) in [7, 11) is 1.93. The maximum Gasteiger partial charge on any atom is 0.316 e. The Morgan fingerprint density at radius 2 is 2.11 bits per heavy atom. The smallest absolute Gasteiger partial charge is 0.316 e. The van der Waals surface area contributed by atoms with E-state index in [2.05, 4.69) is 29.1 Å². The molecule has 4 heteroatoms. The first-order chi connectivity index (χ1) is 9.10. The van der Waals surface area contributed by atoms with Crippen LogP contribution in [0, 0.1) is 18.8 Å². The van der Waals surface area contributed by atoms with E-state index in [4.69, 9.17) is 4.74 Å². The third kappa shape index (κ3) is 3.66. The quantitative estimate of drug-likeness (QED) is 0.907. The van der Waals surface area contributed by atoms with Crippen molar-refractivity contribution in [3.05, 3.63) is 17.5 Å². The van der Waals surface area contributed by atoms with E-state index >= 15 is 0 Å². The highest BCUT2D eigenvalue weighted by atomic mass is 16.5. The largest absolute Gasteiger partial charge is 0.460 e. The average molecular weight is 263 g/mol. The summed E-state index contributed by atoms with van der Waals surface area (Å²) in [5.41, 5.74) is 2.12. The first kappa shape index (κ1) is 14.3. The van der Waals surface area contributed by atoms with Gasteiger partial charge in [0.2, 0.25) is 0 Å². The molecule has 3 atom stereocenters. The average Bonchev–Trinajstić information content (AvgIpc) is 2.37. The maximum atomic E-state index is 5.95. The van der Waals surface area contributed by atoms with E-state index in [1.807, 2.05) is 20.2 Å². The van der Waals surface area contributed by atoms with Crippen molar-refractivity contribution in [1.82, 2.24) is 15.3 Å². The molecule has 1 aliphatic rings. The fourth-order valence-electron chi connectivity index (χ4n) is 2.65. The van der Waals surface area contributed by atoms with Gasteiger partial charge in [-0.2, -0.15) is 0 Å². The molecule has 1 heterocycles. The fraction of sp³-hybridized carbons (Fsp3) is 0.733. The summed E-state index contributed by atoms with van der Waals surface area (Å²) in [6.45, 7) is 7.44. The Morgan fingerprint density at radius 3 is 2.74 bits per heavy atom. The predicted molar refractivity (Wildman–Crippen MR) is 76.1 cm³/mol. The van der Waals surface area contributed by atoms with Crippen molar-refractivity contribution in [3.8, 4) is 6.01 Å². The van der Waals surface area contributed by atoms with Gasteiger partial charge in [0.1, 0.15) is 6.10 Å². The Morgan fingerprint density at radius 1 is 1.32 bits per heavy atom. The number of nitrogens with zero attached hydrogens (tertiary/aromatic N) is 2. The third-order valence-corrected chi connectivity index (χ3v) is 4.25. The van der Waals surface area contributed by atoms with E-state index in [0.29, 0.717) is 6.01 Å². The molecule has 1 aliphatic carbocycles. The van der Waals surface area contributed by atoms with Crippen molar-refractivity contribution in [2.75, 3.05) is 7.05 Å². The van der Waals surface area contributed by atoms with Crippen molar-refractivity contribution in [1.29, 1.82) is 0 Å². The number of hydrogen-bond acceptors (Lipinski definition) is 4. The second-order valence-electron chi connectivity index (χ2n) is 5.80. The van der Waals surface area contributed by atoms with Crippen LogP contribution in [0.25, 0.3) is 0 Å². The van der Waals surface area contributed by atoms with Crippen LogP contribution >= 0.6 is 0 Å². The van der Waals surface area contributed by atoms with Gasteiger partial charge < -0.3 is 10.1 Å². The first-order valence-corrected chi connectivity index (χ1v) is 7.24. The van der Waals surface area contributed by atoms with Gasteiger partial charge in [0.25, 0.3) is 0 Å². The molecule has 106 valence electrons.